The molecule has 0 bridgehead atoms. The Kier molecular flexibility index (Phi) is 11.5. The normalized spacial score (nSPS) is 12.1. The van der Waals surface area contributed by atoms with Gasteiger partial charge in [0.05, 0.1) is 17.2 Å². The molecule has 0 radical (unpaired) electrons. The lowest BCUT2D eigenvalue weighted by atomic mass is 10.1. The fourth-order valence-corrected chi connectivity index (χ4v) is 5.89. The largest absolute Gasteiger partial charge is 0.494 e. The predicted molar refractivity (Wildman–Crippen MR) is 163 cm³/mol. The maximum Gasteiger partial charge on any atom is 0.264 e. The van der Waals surface area contributed by atoms with Crippen LogP contribution in [0.1, 0.15) is 39.7 Å². The third-order valence-electron chi connectivity index (χ3n) is 6.20. The number of nitrogens with one attached hydrogen (secondary N) is 1. The minimum atomic E-state index is -4.21. The van der Waals surface area contributed by atoms with Gasteiger partial charge in [-0.15, -0.1) is 0 Å². The Morgan fingerprint density at radius 1 is 0.878 bits per heavy atom. The van der Waals surface area contributed by atoms with Gasteiger partial charge in [0, 0.05) is 22.6 Å². The Hall–Kier alpha value is -3.27. The highest BCUT2D eigenvalue weighted by atomic mass is 35.5. The molecule has 3 rings (SSSR count). The van der Waals surface area contributed by atoms with Crippen LogP contribution >= 0.6 is 23.2 Å². The monoisotopic (exact) mass is 619 g/mol. The number of benzene rings is 3. The molecule has 0 saturated carbocycles. The first-order valence-electron chi connectivity index (χ1n) is 13.3. The lowest BCUT2D eigenvalue weighted by Crippen LogP contribution is -2.53. The first-order chi connectivity index (χ1) is 19.5. The van der Waals surface area contributed by atoms with E-state index in [0.29, 0.717) is 28.8 Å². The summed E-state index contributed by atoms with van der Waals surface area (Å²) in [5, 5.41) is 3.79. The maximum absolute atomic E-state index is 14.1. The summed E-state index contributed by atoms with van der Waals surface area (Å²) in [6.45, 7) is 7.31. The molecule has 1 N–H and O–H groups in total. The van der Waals surface area contributed by atoms with Gasteiger partial charge in [-0.05, 0) is 93.4 Å². The van der Waals surface area contributed by atoms with Crippen molar-refractivity contribution in [1.82, 2.24) is 10.2 Å². The second-order valence-electron chi connectivity index (χ2n) is 9.63. The second kappa shape index (κ2) is 14.6. The number of carbonyl (C=O) groups excluding carboxylic acids is 2. The van der Waals surface area contributed by atoms with Gasteiger partial charge in [0.1, 0.15) is 18.3 Å². The molecule has 1 atom stereocenters. The van der Waals surface area contributed by atoms with Crippen LogP contribution in [0.15, 0.2) is 77.7 Å². The van der Waals surface area contributed by atoms with Crippen molar-refractivity contribution in [1.29, 1.82) is 0 Å². The molecule has 11 heteroatoms. The second-order valence-corrected chi connectivity index (χ2v) is 12.4. The van der Waals surface area contributed by atoms with Crippen LogP contribution in [0.25, 0.3) is 0 Å². The van der Waals surface area contributed by atoms with Gasteiger partial charge in [-0.1, -0.05) is 42.3 Å². The van der Waals surface area contributed by atoms with Gasteiger partial charge in [-0.25, -0.2) is 8.42 Å². The van der Waals surface area contributed by atoms with Crippen molar-refractivity contribution >= 4 is 50.7 Å². The highest BCUT2D eigenvalue weighted by molar-refractivity contribution is 7.92. The van der Waals surface area contributed by atoms with Crippen molar-refractivity contribution in [2.24, 2.45) is 0 Å². The van der Waals surface area contributed by atoms with E-state index in [1.54, 1.807) is 55.5 Å². The van der Waals surface area contributed by atoms with E-state index in [1.807, 2.05) is 20.8 Å². The van der Waals surface area contributed by atoms with Gasteiger partial charge < -0.3 is 15.0 Å². The molecule has 0 unspecified atom stereocenters. The fraction of sp³-hybridized carbons (Fsp3) is 0.333. The number of halogens is 2. The number of anilines is 1. The first-order valence-corrected chi connectivity index (χ1v) is 15.5. The van der Waals surface area contributed by atoms with Crippen LogP contribution in [0.4, 0.5) is 5.69 Å². The van der Waals surface area contributed by atoms with Crippen molar-refractivity contribution < 1.29 is 22.7 Å². The lowest BCUT2D eigenvalue weighted by Gasteiger charge is -2.33. The summed E-state index contributed by atoms with van der Waals surface area (Å²) in [6.07, 6.45) is 0.324. The number of nitrogens with zero attached hydrogens (tertiary/aromatic N) is 2. The molecule has 0 fully saturated rings. The SMILES string of the molecule is CCOc1ccc(N(CC(=O)N(Cc2ccc(Cl)cc2)[C@H](CC)C(=O)NC(C)C)S(=O)(=O)c2ccc(Cl)cc2)cc1. The lowest BCUT2D eigenvalue weighted by molar-refractivity contribution is -0.140. The number of carbonyl (C=O) groups is 2. The molecule has 8 nitrogen and oxygen atoms in total. The average molecular weight is 621 g/mol. The topological polar surface area (TPSA) is 96.0 Å². The molecule has 3 aromatic carbocycles. The van der Waals surface area contributed by atoms with Crippen LogP contribution < -0.4 is 14.4 Å². The summed E-state index contributed by atoms with van der Waals surface area (Å²) >= 11 is 12.1. The number of sulfonamides is 1. The van der Waals surface area contributed by atoms with Crippen molar-refractivity contribution in [2.45, 2.75) is 57.6 Å². The fourth-order valence-electron chi connectivity index (χ4n) is 4.22. The minimum Gasteiger partial charge on any atom is -0.494 e. The summed E-state index contributed by atoms with van der Waals surface area (Å²) < 4.78 is 34.4. The molecule has 0 aliphatic heterocycles. The van der Waals surface area contributed by atoms with Gasteiger partial charge in [-0.2, -0.15) is 0 Å². The molecule has 220 valence electrons. The van der Waals surface area contributed by atoms with E-state index in [0.717, 1.165) is 9.87 Å². The predicted octanol–water partition coefficient (Wildman–Crippen LogP) is 5.92. The van der Waals surface area contributed by atoms with Gasteiger partial charge in [0.25, 0.3) is 10.0 Å². The van der Waals surface area contributed by atoms with E-state index in [9.17, 15) is 18.0 Å². The third-order valence-corrected chi connectivity index (χ3v) is 8.49. The number of ether oxygens (including phenoxy) is 1. The van der Waals surface area contributed by atoms with E-state index >= 15 is 0 Å². The van der Waals surface area contributed by atoms with Crippen LogP contribution in [0, 0.1) is 0 Å². The molecule has 0 heterocycles. The Morgan fingerprint density at radius 3 is 1.95 bits per heavy atom. The number of hydrogen-bond acceptors (Lipinski definition) is 5. The van der Waals surface area contributed by atoms with E-state index in [-0.39, 0.29) is 29.1 Å². The Bertz CT molecular complexity index is 1410. The molecule has 0 aliphatic rings. The standard InChI is InChI=1S/C30H35Cl2N3O5S/c1-5-28(30(37)33-21(3)4)34(19-22-7-9-23(31)10-8-22)29(36)20-35(25-13-15-26(16-14-25)40-6-2)41(38,39)27-17-11-24(32)12-18-27/h7-18,21,28H,5-6,19-20H2,1-4H3,(H,33,37)/t28-/m1/s1. The minimum absolute atomic E-state index is 0.0302. The molecule has 0 aromatic heterocycles. The Morgan fingerprint density at radius 2 is 1.44 bits per heavy atom. The van der Waals surface area contributed by atoms with Gasteiger partial charge in [-0.3, -0.25) is 13.9 Å². The van der Waals surface area contributed by atoms with E-state index in [2.05, 4.69) is 5.32 Å². The summed E-state index contributed by atoms with van der Waals surface area (Å²) in [5.41, 5.74) is 1.01. The smallest absolute Gasteiger partial charge is 0.264 e. The number of hydrogen-bond donors (Lipinski definition) is 1. The van der Waals surface area contributed by atoms with E-state index in [4.69, 9.17) is 27.9 Å². The first kappa shape index (κ1) is 32.2. The van der Waals surface area contributed by atoms with Crippen molar-refractivity contribution in [2.75, 3.05) is 17.5 Å². The van der Waals surface area contributed by atoms with Crippen molar-refractivity contribution in [3.05, 3.63) is 88.4 Å². The summed E-state index contributed by atoms with van der Waals surface area (Å²) in [6, 6.07) is 18.1. The zero-order valence-electron chi connectivity index (χ0n) is 23.5. The molecule has 0 aliphatic carbocycles. The summed E-state index contributed by atoms with van der Waals surface area (Å²) in [4.78, 5) is 28.6. The van der Waals surface area contributed by atoms with Crippen LogP contribution in [-0.2, 0) is 26.2 Å². The van der Waals surface area contributed by atoms with Crippen LogP contribution in [0.3, 0.4) is 0 Å². The van der Waals surface area contributed by atoms with Gasteiger partial charge in [0.2, 0.25) is 11.8 Å². The number of amides is 2. The van der Waals surface area contributed by atoms with Crippen molar-refractivity contribution in [3.8, 4) is 5.75 Å². The molecule has 0 saturated heterocycles. The van der Waals surface area contributed by atoms with E-state index < -0.39 is 28.5 Å². The molecule has 41 heavy (non-hydrogen) atoms. The maximum atomic E-state index is 14.1. The van der Waals surface area contributed by atoms with E-state index in [1.165, 1.54) is 29.2 Å². The molecular weight excluding hydrogens is 585 g/mol. The zero-order chi connectivity index (χ0) is 30.2. The summed E-state index contributed by atoms with van der Waals surface area (Å²) in [5.74, 6) is -0.303. The van der Waals surface area contributed by atoms with Crippen molar-refractivity contribution in [3.63, 3.8) is 0 Å². The average Bonchev–Trinajstić information content (AvgIpc) is 2.93. The van der Waals surface area contributed by atoms with Crippen LogP contribution in [0.5, 0.6) is 5.75 Å². The van der Waals surface area contributed by atoms with Gasteiger partial charge in [0.15, 0.2) is 0 Å². The number of rotatable bonds is 13. The molecule has 3 aromatic rings. The van der Waals surface area contributed by atoms with Gasteiger partial charge >= 0.3 is 0 Å². The Balaban J connectivity index is 2.06. The molecular formula is C30H35Cl2N3O5S. The quantitative estimate of drug-likeness (QED) is 0.256. The third kappa shape index (κ3) is 8.61. The highest BCUT2D eigenvalue weighted by Gasteiger charge is 2.34. The van der Waals surface area contributed by atoms with Crippen LogP contribution in [-0.4, -0.2) is 50.4 Å². The molecule has 2 amide bonds. The highest BCUT2D eigenvalue weighted by Crippen LogP contribution is 2.27. The zero-order valence-corrected chi connectivity index (χ0v) is 25.8. The molecule has 0 spiro atoms. The van der Waals surface area contributed by atoms with Crippen LogP contribution in [0.2, 0.25) is 10.0 Å². The Labute approximate surface area is 252 Å². The summed E-state index contributed by atoms with van der Waals surface area (Å²) in [7, 11) is -4.21.